The van der Waals surface area contributed by atoms with E-state index in [0.29, 0.717) is 5.56 Å². The zero-order valence-corrected chi connectivity index (χ0v) is 17.8. The minimum absolute atomic E-state index is 0.326. The second kappa shape index (κ2) is 10.6. The Morgan fingerprint density at radius 3 is 2.50 bits per heavy atom. The number of para-hydroxylation sites is 2. The zero-order chi connectivity index (χ0) is 21.3. The molecule has 0 saturated carbocycles. The van der Waals surface area contributed by atoms with Crippen molar-refractivity contribution < 1.29 is 14.3 Å². The number of aryl methyl sites for hydroxylation is 2. The fraction of sp³-hybridized carbons (Fsp3) is 0.360. The molecule has 0 heterocycles. The molecular weight excluding hydrogens is 376 g/mol. The van der Waals surface area contributed by atoms with Gasteiger partial charge in [-0.3, -0.25) is 4.79 Å². The molecule has 2 aromatic rings. The number of rotatable bonds is 8. The van der Waals surface area contributed by atoms with E-state index in [-0.39, 0.29) is 12.5 Å². The summed E-state index contributed by atoms with van der Waals surface area (Å²) >= 11 is 0. The Morgan fingerprint density at radius 1 is 1.00 bits per heavy atom. The minimum Gasteiger partial charge on any atom is -0.452 e. The molecule has 30 heavy (non-hydrogen) atoms. The summed E-state index contributed by atoms with van der Waals surface area (Å²) in [5, 5.41) is 6.17. The van der Waals surface area contributed by atoms with Crippen LogP contribution in [0.5, 0.6) is 0 Å². The fourth-order valence-corrected chi connectivity index (χ4v) is 3.70. The Hall–Kier alpha value is -3.08. The van der Waals surface area contributed by atoms with Crippen molar-refractivity contribution in [1.82, 2.24) is 0 Å². The fourth-order valence-electron chi connectivity index (χ4n) is 3.70. The van der Waals surface area contributed by atoms with E-state index >= 15 is 0 Å². The minimum atomic E-state index is -0.508. The molecule has 0 fully saturated rings. The molecule has 0 saturated heterocycles. The lowest BCUT2D eigenvalue weighted by Gasteiger charge is -2.15. The van der Waals surface area contributed by atoms with Gasteiger partial charge in [-0.15, -0.1) is 0 Å². The SMILES string of the molecule is Cc1cccc(C)c1NC(=O)COC(=O)c1ccccc1NCCC1=CCCCC1. The predicted molar refractivity (Wildman–Crippen MR) is 121 cm³/mol. The monoisotopic (exact) mass is 406 g/mol. The van der Waals surface area contributed by atoms with Crippen molar-refractivity contribution in [3.05, 3.63) is 70.8 Å². The molecule has 0 bridgehead atoms. The zero-order valence-electron chi connectivity index (χ0n) is 17.8. The molecule has 3 rings (SSSR count). The number of anilines is 2. The van der Waals surface area contributed by atoms with Crippen molar-refractivity contribution >= 4 is 23.3 Å². The van der Waals surface area contributed by atoms with Gasteiger partial charge in [0.15, 0.2) is 6.61 Å². The van der Waals surface area contributed by atoms with Gasteiger partial charge in [0.25, 0.3) is 5.91 Å². The molecule has 5 heteroatoms. The molecule has 2 N–H and O–H groups in total. The van der Waals surface area contributed by atoms with Gasteiger partial charge in [0.05, 0.1) is 5.56 Å². The van der Waals surface area contributed by atoms with Crippen molar-refractivity contribution in [1.29, 1.82) is 0 Å². The normalized spacial score (nSPS) is 13.3. The van der Waals surface area contributed by atoms with Crippen LogP contribution in [0.1, 0.15) is 53.6 Å². The molecule has 0 spiro atoms. The summed E-state index contributed by atoms with van der Waals surface area (Å²) in [6, 6.07) is 13.1. The van der Waals surface area contributed by atoms with Crippen molar-refractivity contribution in [3.8, 4) is 0 Å². The number of benzene rings is 2. The molecule has 5 nitrogen and oxygen atoms in total. The second-order valence-electron chi connectivity index (χ2n) is 7.72. The summed E-state index contributed by atoms with van der Waals surface area (Å²) in [6.45, 7) is 4.30. The van der Waals surface area contributed by atoms with Crippen LogP contribution in [0.15, 0.2) is 54.1 Å². The van der Waals surface area contributed by atoms with E-state index in [1.165, 1.54) is 31.3 Å². The third-order valence-corrected chi connectivity index (χ3v) is 5.37. The molecule has 0 aliphatic heterocycles. The first-order valence-corrected chi connectivity index (χ1v) is 10.6. The molecule has 0 atom stereocenters. The van der Waals surface area contributed by atoms with E-state index in [4.69, 9.17) is 4.74 Å². The Kier molecular flexibility index (Phi) is 7.66. The highest BCUT2D eigenvalue weighted by molar-refractivity contribution is 5.99. The lowest BCUT2D eigenvalue weighted by atomic mass is 9.97. The quantitative estimate of drug-likeness (QED) is 0.455. The number of amides is 1. The molecular formula is C25H30N2O3. The first kappa shape index (κ1) is 21.6. The molecule has 1 aliphatic rings. The van der Waals surface area contributed by atoms with E-state index in [9.17, 15) is 9.59 Å². The third kappa shape index (κ3) is 5.96. The van der Waals surface area contributed by atoms with E-state index in [1.54, 1.807) is 12.1 Å². The van der Waals surface area contributed by atoms with E-state index < -0.39 is 5.97 Å². The van der Waals surface area contributed by atoms with Crippen molar-refractivity contribution in [2.45, 2.75) is 46.0 Å². The van der Waals surface area contributed by atoms with Gasteiger partial charge < -0.3 is 15.4 Å². The van der Waals surface area contributed by atoms with Gasteiger partial charge in [0.2, 0.25) is 0 Å². The van der Waals surface area contributed by atoms with Gasteiger partial charge in [0.1, 0.15) is 0 Å². The summed E-state index contributed by atoms with van der Waals surface area (Å²) in [7, 11) is 0. The highest BCUT2D eigenvalue weighted by Crippen LogP contribution is 2.22. The van der Waals surface area contributed by atoms with Gasteiger partial charge in [-0.1, -0.05) is 42.0 Å². The summed E-state index contributed by atoms with van der Waals surface area (Å²) < 4.78 is 5.28. The number of carbonyl (C=O) groups is 2. The number of hydrogen-bond donors (Lipinski definition) is 2. The lowest BCUT2D eigenvalue weighted by Crippen LogP contribution is -2.22. The number of allylic oxidation sites excluding steroid dienone is 1. The first-order chi connectivity index (χ1) is 14.5. The molecule has 1 aliphatic carbocycles. The largest absolute Gasteiger partial charge is 0.452 e. The third-order valence-electron chi connectivity index (χ3n) is 5.37. The number of ether oxygens (including phenoxy) is 1. The molecule has 158 valence electrons. The van der Waals surface area contributed by atoms with Gasteiger partial charge in [-0.25, -0.2) is 4.79 Å². The lowest BCUT2D eigenvalue weighted by molar-refractivity contribution is -0.119. The predicted octanol–water partition coefficient (Wildman–Crippen LogP) is 5.40. The second-order valence-corrected chi connectivity index (χ2v) is 7.72. The van der Waals surface area contributed by atoms with Crippen LogP contribution in [-0.2, 0) is 9.53 Å². The summed E-state index contributed by atoms with van der Waals surface area (Å²) in [5.74, 6) is -0.859. The van der Waals surface area contributed by atoms with Crippen LogP contribution in [0.2, 0.25) is 0 Å². The number of nitrogens with one attached hydrogen (secondary N) is 2. The summed E-state index contributed by atoms with van der Waals surface area (Å²) in [5.41, 5.74) is 5.35. The van der Waals surface area contributed by atoms with E-state index in [0.717, 1.165) is 35.5 Å². The van der Waals surface area contributed by atoms with Crippen LogP contribution >= 0.6 is 0 Å². The average molecular weight is 407 g/mol. The standard InChI is InChI=1S/C25H30N2O3/c1-18-9-8-10-19(2)24(18)27-23(28)17-30-25(29)21-13-6-7-14-22(21)26-16-15-20-11-4-3-5-12-20/h6-11,13-14,26H,3-5,12,15-17H2,1-2H3,(H,27,28). The van der Waals surface area contributed by atoms with Crippen LogP contribution < -0.4 is 10.6 Å². The maximum Gasteiger partial charge on any atom is 0.340 e. The van der Waals surface area contributed by atoms with Gasteiger partial charge in [-0.05, 0) is 69.2 Å². The van der Waals surface area contributed by atoms with Crippen LogP contribution in [0, 0.1) is 13.8 Å². The number of hydrogen-bond acceptors (Lipinski definition) is 4. The van der Waals surface area contributed by atoms with E-state index in [2.05, 4.69) is 16.7 Å². The molecule has 1 amide bonds. The summed E-state index contributed by atoms with van der Waals surface area (Å²) in [6.07, 6.45) is 8.19. The molecule has 0 radical (unpaired) electrons. The highest BCUT2D eigenvalue weighted by atomic mass is 16.5. The average Bonchev–Trinajstić information content (AvgIpc) is 2.76. The Morgan fingerprint density at radius 2 is 1.77 bits per heavy atom. The Balaban J connectivity index is 1.53. The summed E-state index contributed by atoms with van der Waals surface area (Å²) in [4.78, 5) is 24.8. The highest BCUT2D eigenvalue weighted by Gasteiger charge is 2.15. The molecule has 2 aromatic carbocycles. The smallest absolute Gasteiger partial charge is 0.340 e. The topological polar surface area (TPSA) is 67.4 Å². The van der Waals surface area contributed by atoms with E-state index in [1.807, 2.05) is 44.2 Å². The number of esters is 1. The van der Waals surface area contributed by atoms with Gasteiger partial charge in [-0.2, -0.15) is 0 Å². The van der Waals surface area contributed by atoms with Crippen LogP contribution in [-0.4, -0.2) is 25.0 Å². The Labute approximate surface area is 178 Å². The number of carbonyl (C=O) groups excluding carboxylic acids is 2. The van der Waals surface area contributed by atoms with Gasteiger partial charge in [0, 0.05) is 17.9 Å². The van der Waals surface area contributed by atoms with Crippen molar-refractivity contribution in [2.24, 2.45) is 0 Å². The van der Waals surface area contributed by atoms with Crippen LogP contribution in [0.25, 0.3) is 0 Å². The van der Waals surface area contributed by atoms with Crippen LogP contribution in [0.3, 0.4) is 0 Å². The first-order valence-electron chi connectivity index (χ1n) is 10.6. The molecule has 0 unspecified atom stereocenters. The van der Waals surface area contributed by atoms with Crippen molar-refractivity contribution in [2.75, 3.05) is 23.8 Å². The van der Waals surface area contributed by atoms with Gasteiger partial charge >= 0.3 is 5.97 Å². The molecule has 0 aromatic heterocycles. The maximum atomic E-state index is 12.6. The Bertz CT molecular complexity index is 913. The maximum absolute atomic E-state index is 12.6. The van der Waals surface area contributed by atoms with Crippen LogP contribution in [0.4, 0.5) is 11.4 Å². The van der Waals surface area contributed by atoms with Crippen molar-refractivity contribution in [3.63, 3.8) is 0 Å².